The van der Waals surface area contributed by atoms with E-state index in [0.717, 1.165) is 44.3 Å². The van der Waals surface area contributed by atoms with Crippen LogP contribution in [0.2, 0.25) is 0 Å². The molecule has 2 heterocycles. The molecule has 2 aliphatic rings. The first-order valence-corrected chi connectivity index (χ1v) is 11.2. The number of rotatable bonds is 5. The number of piperidine rings is 1. The third-order valence-corrected chi connectivity index (χ3v) is 6.36. The molecule has 0 bridgehead atoms. The van der Waals surface area contributed by atoms with Crippen molar-refractivity contribution in [2.45, 2.75) is 26.3 Å². The molecule has 2 saturated heterocycles. The minimum atomic E-state index is -0.0551. The number of hydrogen-bond donors (Lipinski definition) is 1. The molecule has 0 aromatic heterocycles. The first-order valence-electron chi connectivity index (χ1n) is 11.2. The summed E-state index contributed by atoms with van der Waals surface area (Å²) in [6.07, 6.45) is 2.63. The van der Waals surface area contributed by atoms with Gasteiger partial charge in [-0.1, -0.05) is 19.1 Å². The fourth-order valence-electron chi connectivity index (χ4n) is 4.47. The molecule has 2 aromatic carbocycles. The highest BCUT2D eigenvalue weighted by Crippen LogP contribution is 2.21. The number of nitrogens with zero attached hydrogens (tertiary/aromatic N) is 3. The second-order valence-electron chi connectivity index (χ2n) is 8.97. The number of likely N-dealkylation sites (tertiary alicyclic amines) is 1. The molecule has 5 heteroatoms. The van der Waals surface area contributed by atoms with Crippen molar-refractivity contribution in [3.05, 3.63) is 59.7 Å². The Hall–Kier alpha value is -2.37. The number of carbonyl (C=O) groups excluding carboxylic acids is 1. The Balaban J connectivity index is 1.31. The third kappa shape index (κ3) is 5.41. The zero-order valence-electron chi connectivity index (χ0n) is 18.3. The Kier molecular flexibility index (Phi) is 6.70. The van der Waals surface area contributed by atoms with Crippen molar-refractivity contribution < 1.29 is 4.79 Å². The van der Waals surface area contributed by atoms with Gasteiger partial charge in [-0.05, 0) is 74.3 Å². The molecule has 0 saturated carbocycles. The van der Waals surface area contributed by atoms with Gasteiger partial charge >= 0.3 is 0 Å². The normalized spacial score (nSPS) is 20.9. The molecule has 5 nitrogen and oxygen atoms in total. The zero-order valence-corrected chi connectivity index (χ0v) is 18.3. The number of piperazine rings is 1. The molecule has 0 aliphatic carbocycles. The van der Waals surface area contributed by atoms with Crippen molar-refractivity contribution in [3.63, 3.8) is 0 Å². The van der Waals surface area contributed by atoms with Gasteiger partial charge in [-0.2, -0.15) is 0 Å². The van der Waals surface area contributed by atoms with E-state index >= 15 is 0 Å². The van der Waals surface area contributed by atoms with E-state index in [-0.39, 0.29) is 5.91 Å². The van der Waals surface area contributed by atoms with E-state index in [2.05, 4.69) is 58.3 Å². The second-order valence-corrected chi connectivity index (χ2v) is 8.97. The molecule has 4 rings (SSSR count). The highest BCUT2D eigenvalue weighted by atomic mass is 16.1. The molecule has 0 spiro atoms. The molecule has 1 amide bonds. The zero-order chi connectivity index (χ0) is 20.9. The first-order chi connectivity index (χ1) is 14.6. The van der Waals surface area contributed by atoms with E-state index in [4.69, 9.17) is 0 Å². The van der Waals surface area contributed by atoms with Crippen molar-refractivity contribution >= 4 is 17.3 Å². The average molecular weight is 407 g/mol. The molecule has 0 unspecified atom stereocenters. The molecular formula is C25H34N4O. The Morgan fingerprint density at radius 2 is 1.67 bits per heavy atom. The fraction of sp³-hybridized carbons (Fsp3) is 0.480. The molecule has 2 aliphatic heterocycles. The summed E-state index contributed by atoms with van der Waals surface area (Å²) in [4.78, 5) is 19.9. The minimum absolute atomic E-state index is 0.0551. The molecule has 160 valence electrons. The van der Waals surface area contributed by atoms with Gasteiger partial charge in [0.2, 0.25) is 0 Å². The molecular weight excluding hydrogens is 372 g/mol. The van der Waals surface area contributed by atoms with Gasteiger partial charge in [0.25, 0.3) is 5.91 Å². The summed E-state index contributed by atoms with van der Waals surface area (Å²) in [6, 6.07) is 16.3. The number of carbonyl (C=O) groups is 1. The molecule has 1 N–H and O–H groups in total. The van der Waals surface area contributed by atoms with Crippen LogP contribution in [0.4, 0.5) is 11.4 Å². The van der Waals surface area contributed by atoms with Crippen LogP contribution in [0.25, 0.3) is 0 Å². The molecule has 2 aromatic rings. The van der Waals surface area contributed by atoms with Gasteiger partial charge in [-0.25, -0.2) is 0 Å². The van der Waals surface area contributed by atoms with Gasteiger partial charge in [0, 0.05) is 56.2 Å². The predicted molar refractivity (Wildman–Crippen MR) is 124 cm³/mol. The van der Waals surface area contributed by atoms with Crippen LogP contribution >= 0.6 is 0 Å². The minimum Gasteiger partial charge on any atom is -0.369 e. The Morgan fingerprint density at radius 1 is 0.967 bits per heavy atom. The monoisotopic (exact) mass is 406 g/mol. The van der Waals surface area contributed by atoms with Crippen LogP contribution in [0, 0.1) is 5.92 Å². The maximum absolute atomic E-state index is 12.6. The number of anilines is 2. The van der Waals surface area contributed by atoms with E-state index < -0.39 is 0 Å². The maximum Gasteiger partial charge on any atom is 0.255 e. The van der Waals surface area contributed by atoms with Crippen LogP contribution in [0.3, 0.4) is 0 Å². The second kappa shape index (κ2) is 9.63. The van der Waals surface area contributed by atoms with Crippen molar-refractivity contribution in [2.75, 3.05) is 56.5 Å². The standard InChI is InChI=1S/C25H34N4O/c1-20-4-3-13-28(18-20)19-21-5-7-22(8-6-21)25(30)26-23-9-11-24(12-10-23)29-16-14-27(2)15-17-29/h5-12,20H,3-4,13-19H2,1-2H3,(H,26,30)/t20-/m1/s1. The van der Waals surface area contributed by atoms with Crippen molar-refractivity contribution in [2.24, 2.45) is 5.92 Å². The van der Waals surface area contributed by atoms with E-state index in [1.54, 1.807) is 0 Å². The lowest BCUT2D eigenvalue weighted by atomic mass is 9.99. The fourth-order valence-corrected chi connectivity index (χ4v) is 4.47. The highest BCUT2D eigenvalue weighted by Gasteiger charge is 2.17. The third-order valence-electron chi connectivity index (χ3n) is 6.36. The van der Waals surface area contributed by atoms with Gasteiger partial charge in [0.15, 0.2) is 0 Å². The quantitative estimate of drug-likeness (QED) is 0.817. The average Bonchev–Trinajstić information content (AvgIpc) is 2.75. The summed E-state index contributed by atoms with van der Waals surface area (Å²) in [5.41, 5.74) is 4.04. The predicted octanol–water partition coefficient (Wildman–Crippen LogP) is 3.92. The number of benzene rings is 2. The van der Waals surface area contributed by atoms with Gasteiger partial charge in [0.1, 0.15) is 0 Å². The van der Waals surface area contributed by atoms with Crippen LogP contribution < -0.4 is 10.2 Å². The lowest BCUT2D eigenvalue weighted by Gasteiger charge is -2.34. The summed E-state index contributed by atoms with van der Waals surface area (Å²) >= 11 is 0. The number of hydrogen-bond acceptors (Lipinski definition) is 4. The van der Waals surface area contributed by atoms with Gasteiger partial charge in [-0.15, -0.1) is 0 Å². The van der Waals surface area contributed by atoms with Crippen LogP contribution in [-0.4, -0.2) is 62.0 Å². The number of amides is 1. The Labute approximate surface area is 180 Å². The maximum atomic E-state index is 12.6. The van der Waals surface area contributed by atoms with Gasteiger partial charge < -0.3 is 15.1 Å². The summed E-state index contributed by atoms with van der Waals surface area (Å²) in [5.74, 6) is 0.729. The van der Waals surface area contributed by atoms with Crippen molar-refractivity contribution in [3.8, 4) is 0 Å². The molecule has 30 heavy (non-hydrogen) atoms. The molecule has 0 radical (unpaired) electrons. The highest BCUT2D eigenvalue weighted by molar-refractivity contribution is 6.04. The Morgan fingerprint density at radius 3 is 2.33 bits per heavy atom. The van der Waals surface area contributed by atoms with E-state index in [0.29, 0.717) is 5.56 Å². The summed E-state index contributed by atoms with van der Waals surface area (Å²) in [7, 11) is 2.16. The van der Waals surface area contributed by atoms with E-state index in [1.165, 1.54) is 37.2 Å². The lowest BCUT2D eigenvalue weighted by molar-refractivity contribution is 0.102. The molecule has 2 fully saturated rings. The topological polar surface area (TPSA) is 38.8 Å². The van der Waals surface area contributed by atoms with Crippen LogP contribution in [0.15, 0.2) is 48.5 Å². The van der Waals surface area contributed by atoms with Gasteiger partial charge in [-0.3, -0.25) is 9.69 Å². The Bertz CT molecular complexity index is 825. The summed E-state index contributed by atoms with van der Waals surface area (Å²) in [6.45, 7) is 9.92. The molecule has 1 atom stereocenters. The van der Waals surface area contributed by atoms with Gasteiger partial charge in [0.05, 0.1) is 0 Å². The number of nitrogens with one attached hydrogen (secondary N) is 1. The SMILES string of the molecule is C[C@@H]1CCCN(Cc2ccc(C(=O)Nc3ccc(N4CCN(C)CC4)cc3)cc2)C1. The smallest absolute Gasteiger partial charge is 0.255 e. The van der Waals surface area contributed by atoms with Crippen LogP contribution in [0.5, 0.6) is 0 Å². The summed E-state index contributed by atoms with van der Waals surface area (Å²) in [5, 5.41) is 3.03. The van der Waals surface area contributed by atoms with Crippen molar-refractivity contribution in [1.29, 1.82) is 0 Å². The van der Waals surface area contributed by atoms with E-state index in [9.17, 15) is 4.79 Å². The lowest BCUT2D eigenvalue weighted by Crippen LogP contribution is -2.44. The van der Waals surface area contributed by atoms with Crippen molar-refractivity contribution in [1.82, 2.24) is 9.80 Å². The first kappa shape index (κ1) is 20.9. The van der Waals surface area contributed by atoms with E-state index in [1.807, 2.05) is 24.3 Å². The number of likely N-dealkylation sites (N-methyl/N-ethyl adjacent to an activating group) is 1. The van der Waals surface area contributed by atoms with Crippen LogP contribution in [0.1, 0.15) is 35.7 Å². The van der Waals surface area contributed by atoms with Crippen LogP contribution in [-0.2, 0) is 6.54 Å². The summed E-state index contributed by atoms with van der Waals surface area (Å²) < 4.78 is 0. The largest absolute Gasteiger partial charge is 0.369 e.